The monoisotopic (exact) mass is 861 g/mol. The number of benzene rings is 1. The molecule has 0 aromatic heterocycles. The van der Waals surface area contributed by atoms with Crippen LogP contribution < -0.4 is 10.1 Å². The summed E-state index contributed by atoms with van der Waals surface area (Å²) in [5.74, 6) is -8.30. The van der Waals surface area contributed by atoms with Crippen LogP contribution in [0.1, 0.15) is 99.0 Å². The SMILES string of the molecule is CO[C@H]1/C=C\O[C@@]2(C)Oc3c(C)c(O)c4c(c3C2=O)C(=O)C(I)=C(NC(=O)/C(C)=C\C=C[C@H](C)[C@@H]2OC(C)(C)O[C@H]([C@H](C)[C@H](OC(C)=O)[C@@H]1C)[C@@H]2C)C4=O. The molecule has 0 saturated carbocycles. The number of Topliss-reactive ketones (excluding diaryl/α,β-unsaturated/α-hetero) is 3. The second-order valence-corrected chi connectivity index (χ2v) is 16.1. The lowest BCUT2D eigenvalue weighted by Gasteiger charge is -2.50. The van der Waals surface area contributed by atoms with E-state index < -0.39 is 76.3 Å². The Labute approximate surface area is 328 Å². The zero-order valence-electron chi connectivity index (χ0n) is 32.3. The van der Waals surface area contributed by atoms with E-state index in [2.05, 4.69) is 5.32 Å². The molecule has 13 nitrogen and oxygen atoms in total. The van der Waals surface area contributed by atoms with Crippen molar-refractivity contribution in [1.82, 2.24) is 5.32 Å². The first-order valence-corrected chi connectivity index (χ1v) is 18.9. The summed E-state index contributed by atoms with van der Waals surface area (Å²) in [6, 6.07) is 0. The van der Waals surface area contributed by atoms with E-state index >= 15 is 0 Å². The number of carbonyl (C=O) groups excluding carboxylic acids is 5. The Morgan fingerprint density at radius 2 is 1.56 bits per heavy atom. The Morgan fingerprint density at radius 3 is 2.19 bits per heavy atom. The molecular weight excluding hydrogens is 813 g/mol. The van der Waals surface area contributed by atoms with E-state index in [0.717, 1.165) is 0 Å². The molecule has 0 radical (unpaired) electrons. The number of rotatable bonds is 2. The first-order valence-electron chi connectivity index (χ1n) is 17.8. The maximum absolute atomic E-state index is 14.1. The zero-order chi connectivity index (χ0) is 40.2. The molecule has 0 spiro atoms. The Bertz CT molecular complexity index is 1910. The lowest BCUT2D eigenvalue weighted by molar-refractivity contribution is -0.336. The van der Waals surface area contributed by atoms with Crippen LogP contribution >= 0.6 is 22.6 Å². The standard InChI is InChI=1S/C40H48INO12/c1-17-13-12-14-18(2)38(48)42-29-28(41)31(45)25-26(32(29)46)30(44)20(4)36-27(25)37(47)40(10,54-36)50-16-15-24(49-11)19(3)34(51-23(7)43)22(6)35-21(5)33(17)52-39(8,9)53-35/h12-17,19,21-22,24,33-35,44H,1-11H3,(H,42,48)/b13-12?,16-15-,18-14-/t17-,19+,21+,22+,24-,33-,34+,35-,40-/m0/s1. The number of phenolic OH excluding ortho intramolecular Hbond substituents is 1. The Morgan fingerprint density at radius 1 is 0.907 bits per heavy atom. The average Bonchev–Trinajstić information content (AvgIpc) is 3.37. The van der Waals surface area contributed by atoms with E-state index in [-0.39, 0.29) is 61.1 Å². The number of phenols is 1. The molecule has 14 heteroatoms. The van der Waals surface area contributed by atoms with Gasteiger partial charge in [0.15, 0.2) is 5.79 Å². The van der Waals surface area contributed by atoms with Crippen LogP contribution in [-0.4, -0.2) is 77.4 Å². The Kier molecular flexibility index (Phi) is 11.7. The highest BCUT2D eigenvalue weighted by molar-refractivity contribution is 14.1. The quantitative estimate of drug-likeness (QED) is 0.256. The topological polar surface area (TPSA) is 173 Å². The van der Waals surface area contributed by atoms with Crippen molar-refractivity contribution in [2.75, 3.05) is 7.11 Å². The predicted molar refractivity (Wildman–Crippen MR) is 204 cm³/mol. The van der Waals surface area contributed by atoms with Crippen molar-refractivity contribution < 1.29 is 57.5 Å². The van der Waals surface area contributed by atoms with Gasteiger partial charge in [0.1, 0.15) is 23.3 Å². The third-order valence-corrected chi connectivity index (χ3v) is 11.7. The van der Waals surface area contributed by atoms with Gasteiger partial charge in [0.2, 0.25) is 11.6 Å². The first-order chi connectivity index (χ1) is 25.2. The summed E-state index contributed by atoms with van der Waals surface area (Å²) in [5.41, 5.74) is -1.03. The van der Waals surface area contributed by atoms with Gasteiger partial charge in [-0.25, -0.2) is 0 Å². The van der Waals surface area contributed by atoms with Gasteiger partial charge in [-0.05, 0) is 56.4 Å². The molecule has 1 aromatic carbocycles. The van der Waals surface area contributed by atoms with Gasteiger partial charge in [-0.3, -0.25) is 24.0 Å². The molecule has 4 aliphatic heterocycles. The number of ether oxygens (including phenoxy) is 6. The van der Waals surface area contributed by atoms with Crippen LogP contribution in [0.25, 0.3) is 0 Å². The van der Waals surface area contributed by atoms with Crippen LogP contribution in [-0.2, 0) is 33.3 Å². The number of aromatic hydroxyl groups is 1. The molecule has 7 bridgehead atoms. The van der Waals surface area contributed by atoms with Crippen molar-refractivity contribution in [1.29, 1.82) is 0 Å². The third kappa shape index (κ3) is 7.41. The number of amides is 1. The van der Waals surface area contributed by atoms with Gasteiger partial charge in [-0.2, -0.15) is 0 Å². The molecule has 1 saturated heterocycles. The second-order valence-electron chi connectivity index (χ2n) is 15.1. The number of hydrogen-bond donors (Lipinski definition) is 2. The average molecular weight is 862 g/mol. The molecule has 5 aliphatic rings. The number of methoxy groups -OCH3 is 1. The van der Waals surface area contributed by atoms with Gasteiger partial charge in [0.05, 0.1) is 44.8 Å². The fourth-order valence-corrected chi connectivity index (χ4v) is 8.39. The molecule has 4 heterocycles. The minimum absolute atomic E-state index is 0.0356. The summed E-state index contributed by atoms with van der Waals surface area (Å²) in [4.78, 5) is 67.9. The molecule has 1 aliphatic carbocycles. The lowest BCUT2D eigenvalue weighted by Crippen LogP contribution is -2.56. The highest BCUT2D eigenvalue weighted by atomic mass is 127. The van der Waals surface area contributed by atoms with E-state index in [1.165, 1.54) is 34.1 Å². The fraction of sp³-hybridized carbons (Fsp3) is 0.525. The van der Waals surface area contributed by atoms with Crippen LogP contribution in [0, 0.1) is 30.6 Å². The largest absolute Gasteiger partial charge is 0.507 e. The van der Waals surface area contributed by atoms with Crippen molar-refractivity contribution >= 4 is 51.8 Å². The van der Waals surface area contributed by atoms with Crippen LogP contribution in [0.3, 0.4) is 0 Å². The maximum atomic E-state index is 14.1. The number of halogens is 1. The van der Waals surface area contributed by atoms with E-state index in [4.69, 9.17) is 28.4 Å². The minimum Gasteiger partial charge on any atom is -0.507 e. The summed E-state index contributed by atoms with van der Waals surface area (Å²) in [5, 5.41) is 13.8. The van der Waals surface area contributed by atoms with Crippen LogP contribution in [0.15, 0.2) is 45.4 Å². The van der Waals surface area contributed by atoms with E-state index in [0.29, 0.717) is 0 Å². The zero-order valence-corrected chi connectivity index (χ0v) is 34.5. The van der Waals surface area contributed by atoms with Gasteiger partial charge >= 0.3 is 11.8 Å². The minimum atomic E-state index is -2.01. The molecule has 54 heavy (non-hydrogen) atoms. The molecule has 292 valence electrons. The number of nitrogens with one attached hydrogen (secondary N) is 1. The van der Waals surface area contributed by atoms with Crippen LogP contribution in [0.5, 0.6) is 11.5 Å². The fourth-order valence-electron chi connectivity index (χ4n) is 7.74. The third-order valence-electron chi connectivity index (χ3n) is 10.7. The molecule has 9 atom stereocenters. The summed E-state index contributed by atoms with van der Waals surface area (Å²) in [6.07, 6.45) is 5.85. The summed E-state index contributed by atoms with van der Waals surface area (Å²) in [6.45, 7) is 17.2. The molecule has 1 amide bonds. The van der Waals surface area contributed by atoms with Crippen molar-refractivity contribution in [3.8, 4) is 11.5 Å². The Balaban J connectivity index is 1.64. The molecule has 0 unspecified atom stereocenters. The second kappa shape index (κ2) is 15.3. The Hall–Kier alpha value is -3.86. The number of carbonyl (C=O) groups is 5. The van der Waals surface area contributed by atoms with E-state index in [9.17, 15) is 29.1 Å². The highest BCUT2D eigenvalue weighted by Gasteiger charge is 2.53. The van der Waals surface area contributed by atoms with Crippen molar-refractivity contribution in [2.45, 2.75) is 105 Å². The molecule has 1 fully saturated rings. The van der Waals surface area contributed by atoms with Gasteiger partial charge in [-0.1, -0.05) is 45.9 Å². The summed E-state index contributed by atoms with van der Waals surface area (Å²) >= 11 is 1.65. The number of esters is 1. The number of hydrogen-bond acceptors (Lipinski definition) is 12. The molecular formula is C40H48INO12. The highest BCUT2D eigenvalue weighted by Crippen LogP contribution is 2.49. The van der Waals surface area contributed by atoms with Gasteiger partial charge in [0.25, 0.3) is 11.7 Å². The normalized spacial score (nSPS) is 34.4. The lowest BCUT2D eigenvalue weighted by atomic mass is 9.77. The number of ketones is 3. The van der Waals surface area contributed by atoms with Crippen LogP contribution in [0.4, 0.5) is 0 Å². The summed E-state index contributed by atoms with van der Waals surface area (Å²) < 4.78 is 36.6. The van der Waals surface area contributed by atoms with E-state index in [1.54, 1.807) is 47.7 Å². The molecule has 6 rings (SSSR count). The molecule has 2 N–H and O–H groups in total. The summed E-state index contributed by atoms with van der Waals surface area (Å²) in [7, 11) is 1.49. The maximum Gasteiger partial charge on any atom is 0.312 e. The molecule has 1 aromatic rings. The van der Waals surface area contributed by atoms with E-state index in [1.807, 2.05) is 47.6 Å². The first kappa shape index (κ1) is 41.3. The number of fused-ring (bicyclic) bond motifs is 10. The van der Waals surface area contributed by atoms with Crippen molar-refractivity contribution in [2.24, 2.45) is 23.7 Å². The van der Waals surface area contributed by atoms with Crippen molar-refractivity contribution in [3.63, 3.8) is 0 Å². The van der Waals surface area contributed by atoms with Crippen LogP contribution in [0.2, 0.25) is 0 Å². The smallest absolute Gasteiger partial charge is 0.312 e. The van der Waals surface area contributed by atoms with Crippen molar-refractivity contribution in [3.05, 3.63) is 67.7 Å². The number of allylic oxidation sites excluding steroid dienone is 4. The van der Waals surface area contributed by atoms with Gasteiger partial charge in [0, 0.05) is 55.8 Å². The van der Waals surface area contributed by atoms with Gasteiger partial charge < -0.3 is 38.8 Å². The predicted octanol–water partition coefficient (Wildman–Crippen LogP) is 6.19. The van der Waals surface area contributed by atoms with Gasteiger partial charge in [-0.15, -0.1) is 0 Å².